The minimum atomic E-state index is 0.485. The second kappa shape index (κ2) is 4.98. The van der Waals surface area contributed by atoms with Gasteiger partial charge in [0.25, 0.3) is 0 Å². The van der Waals surface area contributed by atoms with Gasteiger partial charge in [0.2, 0.25) is 0 Å². The fourth-order valence-corrected chi connectivity index (χ4v) is 2.46. The summed E-state index contributed by atoms with van der Waals surface area (Å²) in [6.07, 6.45) is 0.774. The fourth-order valence-electron chi connectivity index (χ4n) is 2.30. The third-order valence-electron chi connectivity index (χ3n) is 3.20. The van der Waals surface area contributed by atoms with Crippen molar-refractivity contribution in [2.24, 2.45) is 0 Å². The predicted octanol–water partition coefficient (Wildman–Crippen LogP) is 4.18. The lowest BCUT2D eigenvalue weighted by Gasteiger charge is -2.08. The summed E-state index contributed by atoms with van der Waals surface area (Å²) in [4.78, 5) is 0. The van der Waals surface area contributed by atoms with Crippen LogP contribution in [-0.4, -0.2) is 10.2 Å². The Morgan fingerprint density at radius 1 is 0.947 bits per heavy atom. The van der Waals surface area contributed by atoms with Crippen LogP contribution in [0.25, 0.3) is 10.8 Å². The van der Waals surface area contributed by atoms with Crippen molar-refractivity contribution < 1.29 is 0 Å². The molecule has 3 heteroatoms. The molecule has 2 nitrogen and oxygen atoms in total. The van der Waals surface area contributed by atoms with Crippen LogP contribution < -0.4 is 0 Å². The van der Waals surface area contributed by atoms with Gasteiger partial charge in [-0.2, -0.15) is 5.10 Å². The van der Waals surface area contributed by atoms with E-state index < -0.39 is 0 Å². The predicted molar refractivity (Wildman–Crippen MR) is 78.5 cm³/mol. The second-order valence-corrected chi connectivity index (χ2v) is 4.97. The molecule has 0 amide bonds. The van der Waals surface area contributed by atoms with Crippen LogP contribution in [0, 0.1) is 6.92 Å². The quantitative estimate of drug-likeness (QED) is 0.697. The summed E-state index contributed by atoms with van der Waals surface area (Å²) in [7, 11) is 0. The van der Waals surface area contributed by atoms with Gasteiger partial charge >= 0.3 is 0 Å². The maximum atomic E-state index is 6.12. The van der Waals surface area contributed by atoms with Crippen molar-refractivity contribution in [2.45, 2.75) is 13.3 Å². The number of aryl methyl sites for hydroxylation is 1. The zero-order valence-electron chi connectivity index (χ0n) is 10.6. The molecule has 94 valence electrons. The molecule has 1 heterocycles. The van der Waals surface area contributed by atoms with Crippen LogP contribution in [0.15, 0.2) is 48.5 Å². The van der Waals surface area contributed by atoms with Gasteiger partial charge in [-0.05, 0) is 34.9 Å². The summed E-state index contributed by atoms with van der Waals surface area (Å²) in [6, 6.07) is 16.7. The summed E-state index contributed by atoms with van der Waals surface area (Å²) < 4.78 is 0. The van der Waals surface area contributed by atoms with E-state index in [1.54, 1.807) is 0 Å². The van der Waals surface area contributed by atoms with Crippen molar-refractivity contribution in [2.75, 3.05) is 0 Å². The van der Waals surface area contributed by atoms with Crippen molar-refractivity contribution in [3.63, 3.8) is 0 Å². The molecule has 0 fully saturated rings. The van der Waals surface area contributed by atoms with E-state index in [1.807, 2.05) is 13.0 Å². The van der Waals surface area contributed by atoms with Crippen molar-refractivity contribution >= 4 is 22.4 Å². The van der Waals surface area contributed by atoms with E-state index in [-0.39, 0.29) is 0 Å². The molecular formula is C16H13ClN2. The number of halogens is 1. The number of benzene rings is 2. The molecular weight excluding hydrogens is 256 g/mol. The van der Waals surface area contributed by atoms with Crippen LogP contribution in [0.3, 0.4) is 0 Å². The van der Waals surface area contributed by atoms with Gasteiger partial charge in [-0.1, -0.05) is 54.1 Å². The Labute approximate surface area is 117 Å². The third kappa shape index (κ3) is 2.45. The van der Waals surface area contributed by atoms with Gasteiger partial charge in [-0.15, -0.1) is 5.10 Å². The topological polar surface area (TPSA) is 25.8 Å². The fraction of sp³-hybridized carbons (Fsp3) is 0.125. The average molecular weight is 269 g/mol. The van der Waals surface area contributed by atoms with E-state index in [9.17, 15) is 0 Å². The van der Waals surface area contributed by atoms with Gasteiger partial charge in [-0.25, -0.2) is 0 Å². The lowest BCUT2D eigenvalue weighted by atomic mass is 9.99. The molecule has 0 spiro atoms. The Morgan fingerprint density at radius 2 is 1.74 bits per heavy atom. The molecule has 0 aliphatic rings. The molecule has 19 heavy (non-hydrogen) atoms. The first-order chi connectivity index (χ1) is 9.24. The average Bonchev–Trinajstić information content (AvgIpc) is 2.43. The molecule has 0 N–H and O–H groups in total. The summed E-state index contributed by atoms with van der Waals surface area (Å²) in [6.45, 7) is 1.93. The maximum absolute atomic E-state index is 6.12. The molecule has 0 aliphatic carbocycles. The van der Waals surface area contributed by atoms with Crippen LogP contribution in [-0.2, 0) is 6.42 Å². The Hall–Kier alpha value is -1.93. The van der Waals surface area contributed by atoms with Gasteiger partial charge in [0.05, 0.1) is 5.69 Å². The molecule has 0 bridgehead atoms. The first-order valence-corrected chi connectivity index (χ1v) is 6.57. The highest BCUT2D eigenvalue weighted by Gasteiger charge is 2.07. The first kappa shape index (κ1) is 12.1. The minimum Gasteiger partial charge on any atom is -0.154 e. The van der Waals surface area contributed by atoms with Crippen LogP contribution in [0.4, 0.5) is 0 Å². The monoisotopic (exact) mass is 268 g/mol. The zero-order chi connectivity index (χ0) is 13.2. The van der Waals surface area contributed by atoms with Crippen LogP contribution >= 0.6 is 11.6 Å². The Kier molecular flexibility index (Phi) is 3.18. The highest BCUT2D eigenvalue weighted by molar-refractivity contribution is 6.30. The van der Waals surface area contributed by atoms with Crippen LogP contribution in [0.2, 0.25) is 5.15 Å². The lowest BCUT2D eigenvalue weighted by molar-refractivity contribution is 0.953. The van der Waals surface area contributed by atoms with E-state index in [1.165, 1.54) is 16.3 Å². The number of rotatable bonds is 2. The minimum absolute atomic E-state index is 0.485. The number of fused-ring (bicyclic) bond motifs is 1. The summed E-state index contributed by atoms with van der Waals surface area (Å²) in [5, 5.41) is 10.9. The summed E-state index contributed by atoms with van der Waals surface area (Å²) in [5.74, 6) is 0. The highest BCUT2D eigenvalue weighted by atomic mass is 35.5. The molecule has 2 aromatic carbocycles. The van der Waals surface area contributed by atoms with Crippen molar-refractivity contribution in [1.29, 1.82) is 0 Å². The lowest BCUT2D eigenvalue weighted by Crippen LogP contribution is -1.96. The molecule has 0 aliphatic heterocycles. The van der Waals surface area contributed by atoms with Crippen molar-refractivity contribution in [3.05, 3.63) is 70.5 Å². The maximum Gasteiger partial charge on any atom is 0.155 e. The molecule has 0 saturated heterocycles. The van der Waals surface area contributed by atoms with E-state index in [2.05, 4.69) is 52.7 Å². The SMILES string of the molecule is Cc1cc(Cc2cccc3ccccc23)c(Cl)nn1. The highest BCUT2D eigenvalue weighted by Crippen LogP contribution is 2.23. The normalized spacial score (nSPS) is 10.8. The smallest absolute Gasteiger partial charge is 0.154 e. The summed E-state index contributed by atoms with van der Waals surface area (Å²) >= 11 is 6.12. The van der Waals surface area contributed by atoms with E-state index in [0.29, 0.717) is 5.15 Å². The summed E-state index contributed by atoms with van der Waals surface area (Å²) in [5.41, 5.74) is 3.16. The van der Waals surface area contributed by atoms with E-state index in [0.717, 1.165) is 17.7 Å². The Morgan fingerprint density at radius 3 is 2.63 bits per heavy atom. The largest absolute Gasteiger partial charge is 0.155 e. The molecule has 3 aromatic rings. The van der Waals surface area contributed by atoms with Gasteiger partial charge in [0, 0.05) is 6.42 Å². The number of hydrogen-bond acceptors (Lipinski definition) is 2. The van der Waals surface area contributed by atoms with Gasteiger partial charge < -0.3 is 0 Å². The van der Waals surface area contributed by atoms with Gasteiger partial charge in [-0.3, -0.25) is 0 Å². The zero-order valence-corrected chi connectivity index (χ0v) is 11.4. The van der Waals surface area contributed by atoms with Crippen molar-refractivity contribution in [3.8, 4) is 0 Å². The molecule has 0 atom stereocenters. The number of hydrogen-bond donors (Lipinski definition) is 0. The number of nitrogens with zero attached hydrogens (tertiary/aromatic N) is 2. The van der Waals surface area contributed by atoms with Gasteiger partial charge in [0.1, 0.15) is 0 Å². The standard InChI is InChI=1S/C16H13ClN2/c1-11-9-14(16(17)19-18-11)10-13-7-4-6-12-5-2-3-8-15(12)13/h2-9H,10H2,1H3. The Bertz CT molecular complexity index is 732. The van der Waals surface area contributed by atoms with Crippen molar-refractivity contribution in [1.82, 2.24) is 10.2 Å². The molecule has 3 rings (SSSR count). The molecule has 0 unspecified atom stereocenters. The molecule has 0 saturated carbocycles. The number of aromatic nitrogens is 2. The van der Waals surface area contributed by atoms with Crippen LogP contribution in [0.1, 0.15) is 16.8 Å². The van der Waals surface area contributed by atoms with Crippen LogP contribution in [0.5, 0.6) is 0 Å². The third-order valence-corrected chi connectivity index (χ3v) is 3.52. The second-order valence-electron chi connectivity index (χ2n) is 4.62. The molecule has 0 radical (unpaired) electrons. The van der Waals surface area contributed by atoms with Gasteiger partial charge in [0.15, 0.2) is 5.15 Å². The molecule has 1 aromatic heterocycles. The Balaban J connectivity index is 2.08. The van der Waals surface area contributed by atoms with E-state index in [4.69, 9.17) is 11.6 Å². The first-order valence-electron chi connectivity index (χ1n) is 6.19. The van der Waals surface area contributed by atoms with E-state index >= 15 is 0 Å².